The highest BCUT2D eigenvalue weighted by Crippen LogP contribution is 2.33. The topological polar surface area (TPSA) is 53.1 Å². The molecule has 0 aliphatic rings. The fourth-order valence-electron chi connectivity index (χ4n) is 1.82. The van der Waals surface area contributed by atoms with Crippen LogP contribution in [0.5, 0.6) is 0 Å². The van der Waals surface area contributed by atoms with Crippen molar-refractivity contribution in [1.29, 1.82) is 0 Å². The first-order chi connectivity index (χ1) is 8.30. The number of H-pyrrole nitrogens is 1. The zero-order valence-corrected chi connectivity index (χ0v) is 9.38. The lowest BCUT2D eigenvalue weighted by Gasteiger charge is -2.07. The van der Waals surface area contributed by atoms with Crippen LogP contribution in [0.1, 0.15) is 24.0 Å². The van der Waals surface area contributed by atoms with E-state index in [1.807, 2.05) is 0 Å². The Labute approximate surface area is 100 Å². The SMILES string of the molecule is CC(C(=O)O)c1c[nH]c2cc(C(F)(F)F)ccc12. The third kappa shape index (κ3) is 2.05. The molecule has 0 amide bonds. The first kappa shape index (κ1) is 12.5. The highest BCUT2D eigenvalue weighted by Gasteiger charge is 2.31. The highest BCUT2D eigenvalue weighted by atomic mass is 19.4. The maximum atomic E-state index is 12.5. The second kappa shape index (κ2) is 4.04. The number of hydrogen-bond donors (Lipinski definition) is 2. The number of carboxylic acids is 1. The molecule has 0 bridgehead atoms. The summed E-state index contributed by atoms with van der Waals surface area (Å²) in [5, 5.41) is 9.40. The number of nitrogens with one attached hydrogen (secondary N) is 1. The van der Waals surface area contributed by atoms with Crippen molar-refractivity contribution >= 4 is 16.9 Å². The van der Waals surface area contributed by atoms with E-state index in [-0.39, 0.29) is 5.52 Å². The Morgan fingerprint density at radius 3 is 2.61 bits per heavy atom. The van der Waals surface area contributed by atoms with E-state index >= 15 is 0 Å². The van der Waals surface area contributed by atoms with Crippen molar-refractivity contribution in [2.45, 2.75) is 19.0 Å². The molecule has 6 heteroatoms. The smallest absolute Gasteiger partial charge is 0.416 e. The van der Waals surface area contributed by atoms with Gasteiger partial charge < -0.3 is 10.1 Å². The summed E-state index contributed by atoms with van der Waals surface area (Å²) in [6.07, 6.45) is -2.97. The van der Waals surface area contributed by atoms with Crippen molar-refractivity contribution in [1.82, 2.24) is 4.98 Å². The molecule has 0 spiro atoms. The van der Waals surface area contributed by atoms with Gasteiger partial charge in [0.05, 0.1) is 11.5 Å². The van der Waals surface area contributed by atoms with Crippen LogP contribution in [0.4, 0.5) is 13.2 Å². The summed E-state index contributed by atoms with van der Waals surface area (Å²) < 4.78 is 37.5. The Morgan fingerprint density at radius 2 is 2.06 bits per heavy atom. The summed E-state index contributed by atoms with van der Waals surface area (Å²) >= 11 is 0. The minimum Gasteiger partial charge on any atom is -0.481 e. The number of aromatic amines is 1. The molecule has 96 valence electrons. The molecule has 1 heterocycles. The molecular weight excluding hydrogens is 247 g/mol. The van der Waals surface area contributed by atoms with E-state index in [1.54, 1.807) is 0 Å². The molecule has 0 saturated heterocycles. The molecule has 0 aliphatic carbocycles. The van der Waals surface area contributed by atoms with Gasteiger partial charge in [0.2, 0.25) is 0 Å². The summed E-state index contributed by atoms with van der Waals surface area (Å²) in [4.78, 5) is 13.5. The van der Waals surface area contributed by atoms with Gasteiger partial charge in [0.25, 0.3) is 0 Å². The summed E-state index contributed by atoms with van der Waals surface area (Å²) in [7, 11) is 0. The molecule has 1 aromatic heterocycles. The Bertz CT molecular complexity index is 601. The lowest BCUT2D eigenvalue weighted by Crippen LogP contribution is -2.07. The first-order valence-electron chi connectivity index (χ1n) is 5.21. The predicted molar refractivity (Wildman–Crippen MR) is 59.4 cm³/mol. The Kier molecular flexibility index (Phi) is 2.80. The number of rotatable bonds is 2. The number of aromatic nitrogens is 1. The van der Waals surface area contributed by atoms with Crippen molar-refractivity contribution in [2.75, 3.05) is 0 Å². The van der Waals surface area contributed by atoms with E-state index in [0.717, 1.165) is 12.1 Å². The molecule has 0 fully saturated rings. The zero-order chi connectivity index (χ0) is 13.5. The van der Waals surface area contributed by atoms with Crippen molar-refractivity contribution < 1.29 is 23.1 Å². The molecule has 2 rings (SSSR count). The summed E-state index contributed by atoms with van der Waals surface area (Å²) in [6.45, 7) is 1.49. The van der Waals surface area contributed by atoms with Crippen LogP contribution < -0.4 is 0 Å². The van der Waals surface area contributed by atoms with Crippen molar-refractivity contribution in [2.24, 2.45) is 0 Å². The molecule has 0 radical (unpaired) electrons. The Morgan fingerprint density at radius 1 is 1.39 bits per heavy atom. The summed E-state index contributed by atoms with van der Waals surface area (Å²) in [5.74, 6) is -1.79. The van der Waals surface area contributed by atoms with Crippen LogP contribution in [0.2, 0.25) is 0 Å². The number of aliphatic carboxylic acids is 1. The van der Waals surface area contributed by atoms with Crippen LogP contribution in [-0.4, -0.2) is 16.1 Å². The van der Waals surface area contributed by atoms with Crippen molar-refractivity contribution in [3.8, 4) is 0 Å². The largest absolute Gasteiger partial charge is 0.481 e. The third-order valence-corrected chi connectivity index (χ3v) is 2.88. The monoisotopic (exact) mass is 257 g/mol. The van der Waals surface area contributed by atoms with Gasteiger partial charge in [0.15, 0.2) is 0 Å². The van der Waals surface area contributed by atoms with E-state index < -0.39 is 23.6 Å². The number of hydrogen-bond acceptors (Lipinski definition) is 1. The summed E-state index contributed by atoms with van der Waals surface area (Å²) in [5.41, 5.74) is 0.00512. The fourth-order valence-corrected chi connectivity index (χ4v) is 1.82. The van der Waals surface area contributed by atoms with Crippen LogP contribution >= 0.6 is 0 Å². The van der Waals surface area contributed by atoms with Gasteiger partial charge in [0.1, 0.15) is 0 Å². The van der Waals surface area contributed by atoms with Crippen LogP contribution in [0.3, 0.4) is 0 Å². The van der Waals surface area contributed by atoms with Gasteiger partial charge in [-0.1, -0.05) is 6.07 Å². The lowest BCUT2D eigenvalue weighted by molar-refractivity contribution is -0.138. The van der Waals surface area contributed by atoms with Crippen LogP contribution in [0.25, 0.3) is 10.9 Å². The molecule has 18 heavy (non-hydrogen) atoms. The van der Waals surface area contributed by atoms with Gasteiger partial charge in [-0.2, -0.15) is 13.2 Å². The molecule has 1 unspecified atom stereocenters. The average Bonchev–Trinajstić information content (AvgIpc) is 2.69. The normalized spacial score (nSPS) is 13.8. The van der Waals surface area contributed by atoms with Gasteiger partial charge in [0, 0.05) is 17.1 Å². The minimum absolute atomic E-state index is 0.285. The van der Waals surface area contributed by atoms with Gasteiger partial charge in [-0.25, -0.2) is 0 Å². The minimum atomic E-state index is -4.40. The molecule has 0 saturated carbocycles. The molecule has 1 atom stereocenters. The molecule has 1 aromatic carbocycles. The number of halogens is 3. The number of carboxylic acid groups (broad SMARTS) is 1. The van der Waals surface area contributed by atoms with E-state index in [1.165, 1.54) is 19.2 Å². The summed E-state index contributed by atoms with van der Waals surface area (Å²) in [6, 6.07) is 3.23. The average molecular weight is 257 g/mol. The highest BCUT2D eigenvalue weighted by molar-refractivity contribution is 5.89. The second-order valence-corrected chi connectivity index (χ2v) is 4.06. The van der Waals surface area contributed by atoms with E-state index in [4.69, 9.17) is 5.11 Å². The lowest BCUT2D eigenvalue weighted by atomic mass is 10.00. The van der Waals surface area contributed by atoms with Gasteiger partial charge >= 0.3 is 12.1 Å². The Balaban J connectivity index is 2.54. The quantitative estimate of drug-likeness (QED) is 0.866. The zero-order valence-electron chi connectivity index (χ0n) is 9.38. The van der Waals surface area contributed by atoms with Crippen molar-refractivity contribution in [3.63, 3.8) is 0 Å². The maximum absolute atomic E-state index is 12.5. The number of fused-ring (bicyclic) bond motifs is 1. The van der Waals surface area contributed by atoms with Gasteiger partial charge in [-0.3, -0.25) is 4.79 Å². The second-order valence-electron chi connectivity index (χ2n) is 4.06. The van der Waals surface area contributed by atoms with Crippen molar-refractivity contribution in [3.05, 3.63) is 35.5 Å². The number of alkyl halides is 3. The fraction of sp³-hybridized carbons (Fsp3) is 0.250. The molecular formula is C12H10F3NO2. The van der Waals surface area contributed by atoms with Crippen LogP contribution in [-0.2, 0) is 11.0 Å². The van der Waals surface area contributed by atoms with Crippen LogP contribution in [0.15, 0.2) is 24.4 Å². The first-order valence-corrected chi connectivity index (χ1v) is 5.21. The molecule has 3 nitrogen and oxygen atoms in total. The maximum Gasteiger partial charge on any atom is 0.416 e. The van der Waals surface area contributed by atoms with Gasteiger partial charge in [-0.05, 0) is 24.6 Å². The molecule has 2 N–H and O–H groups in total. The molecule has 0 aliphatic heterocycles. The van der Waals surface area contributed by atoms with Gasteiger partial charge in [-0.15, -0.1) is 0 Å². The van der Waals surface area contributed by atoms with E-state index in [2.05, 4.69) is 4.98 Å². The Hall–Kier alpha value is -1.98. The molecule has 2 aromatic rings. The third-order valence-electron chi connectivity index (χ3n) is 2.88. The predicted octanol–water partition coefficient (Wildman–Crippen LogP) is 3.37. The number of benzene rings is 1. The number of carbonyl (C=O) groups is 1. The van der Waals surface area contributed by atoms with E-state index in [9.17, 15) is 18.0 Å². The van der Waals surface area contributed by atoms with E-state index in [0.29, 0.717) is 10.9 Å². The van der Waals surface area contributed by atoms with Crippen LogP contribution in [0, 0.1) is 0 Å². The standard InChI is InChI=1S/C12H10F3NO2/c1-6(11(17)18)9-5-16-10-4-7(12(13,14)15)2-3-8(9)10/h2-6,16H,1H3,(H,17,18).